The SMILES string of the molecule is Cc1cc2c(-c3ccc(S(C)(=O)=O)cn3)ccnc2n1S(=O)(=O)c1ccccc1. The quantitative estimate of drug-likeness (QED) is 0.496. The largest absolute Gasteiger partial charge is 0.269 e. The van der Waals surface area contributed by atoms with E-state index in [9.17, 15) is 16.8 Å². The number of hydrogen-bond donors (Lipinski definition) is 0. The third-order valence-electron chi connectivity index (χ3n) is 4.56. The predicted octanol–water partition coefficient (Wildman–Crippen LogP) is 3.05. The van der Waals surface area contributed by atoms with E-state index in [0.717, 1.165) is 6.26 Å². The van der Waals surface area contributed by atoms with Crippen LogP contribution in [0.4, 0.5) is 0 Å². The molecule has 0 aliphatic rings. The lowest BCUT2D eigenvalue weighted by Gasteiger charge is -2.09. The summed E-state index contributed by atoms with van der Waals surface area (Å²) >= 11 is 0. The zero-order valence-corrected chi connectivity index (χ0v) is 17.3. The summed E-state index contributed by atoms with van der Waals surface area (Å²) in [5, 5.41) is 0.615. The van der Waals surface area contributed by atoms with Crippen LogP contribution in [0.2, 0.25) is 0 Å². The summed E-state index contributed by atoms with van der Waals surface area (Å²) in [6.07, 6.45) is 3.92. The summed E-state index contributed by atoms with van der Waals surface area (Å²) in [5.74, 6) is 0. The summed E-state index contributed by atoms with van der Waals surface area (Å²) < 4.78 is 50.9. The van der Waals surface area contributed by atoms with Crippen molar-refractivity contribution < 1.29 is 16.8 Å². The smallest absolute Gasteiger partial charge is 0.255 e. The van der Waals surface area contributed by atoms with Gasteiger partial charge in [0.25, 0.3) is 10.0 Å². The number of aromatic nitrogens is 3. The van der Waals surface area contributed by atoms with Crippen LogP contribution in [0.5, 0.6) is 0 Å². The van der Waals surface area contributed by atoms with E-state index in [1.165, 1.54) is 34.6 Å². The van der Waals surface area contributed by atoms with E-state index < -0.39 is 19.9 Å². The number of hydrogen-bond acceptors (Lipinski definition) is 6. The molecule has 0 unspecified atom stereocenters. The minimum absolute atomic E-state index is 0.118. The molecule has 0 saturated heterocycles. The molecule has 0 atom stereocenters. The van der Waals surface area contributed by atoms with Crippen LogP contribution < -0.4 is 0 Å². The summed E-state index contributed by atoms with van der Waals surface area (Å²) in [6.45, 7) is 1.70. The Morgan fingerprint density at radius 2 is 1.59 bits per heavy atom. The van der Waals surface area contributed by atoms with Gasteiger partial charge in [-0.15, -0.1) is 0 Å². The van der Waals surface area contributed by atoms with Gasteiger partial charge >= 0.3 is 0 Å². The third-order valence-corrected chi connectivity index (χ3v) is 7.46. The molecular weight excluding hydrogens is 410 g/mol. The predicted molar refractivity (Wildman–Crippen MR) is 110 cm³/mol. The first-order chi connectivity index (χ1) is 13.7. The normalized spacial score (nSPS) is 12.3. The van der Waals surface area contributed by atoms with Crippen molar-refractivity contribution in [1.29, 1.82) is 0 Å². The Bertz CT molecular complexity index is 1420. The zero-order valence-electron chi connectivity index (χ0n) is 15.6. The molecule has 4 aromatic rings. The van der Waals surface area contributed by atoms with Crippen LogP contribution in [-0.2, 0) is 19.9 Å². The van der Waals surface area contributed by atoms with Crippen molar-refractivity contribution >= 4 is 30.9 Å². The van der Waals surface area contributed by atoms with E-state index in [1.54, 1.807) is 43.3 Å². The highest BCUT2D eigenvalue weighted by Gasteiger charge is 2.23. The van der Waals surface area contributed by atoms with Crippen LogP contribution >= 0.6 is 0 Å². The molecule has 0 saturated carbocycles. The number of pyridine rings is 2. The molecule has 29 heavy (non-hydrogen) atoms. The Morgan fingerprint density at radius 3 is 2.21 bits per heavy atom. The van der Waals surface area contributed by atoms with Crippen molar-refractivity contribution in [1.82, 2.24) is 13.9 Å². The van der Waals surface area contributed by atoms with Crippen molar-refractivity contribution in [3.63, 3.8) is 0 Å². The van der Waals surface area contributed by atoms with Gasteiger partial charge in [-0.1, -0.05) is 18.2 Å². The van der Waals surface area contributed by atoms with Crippen molar-refractivity contribution in [3.05, 3.63) is 72.7 Å². The Hall–Kier alpha value is -3.04. The third kappa shape index (κ3) is 3.32. The molecule has 0 aliphatic heterocycles. The van der Waals surface area contributed by atoms with Crippen LogP contribution in [0.25, 0.3) is 22.3 Å². The van der Waals surface area contributed by atoms with Crippen molar-refractivity contribution in [2.75, 3.05) is 6.26 Å². The van der Waals surface area contributed by atoms with Crippen LogP contribution in [0, 0.1) is 6.92 Å². The van der Waals surface area contributed by atoms with Gasteiger partial charge in [0.2, 0.25) is 0 Å². The van der Waals surface area contributed by atoms with Gasteiger partial charge in [-0.25, -0.2) is 25.8 Å². The van der Waals surface area contributed by atoms with E-state index in [4.69, 9.17) is 0 Å². The van der Waals surface area contributed by atoms with Crippen LogP contribution in [0.1, 0.15) is 5.69 Å². The molecule has 3 heterocycles. The maximum atomic E-state index is 13.2. The van der Waals surface area contributed by atoms with Crippen molar-refractivity contribution in [3.8, 4) is 11.3 Å². The van der Waals surface area contributed by atoms with Gasteiger partial charge in [-0.3, -0.25) is 4.98 Å². The number of nitrogens with zero attached hydrogens (tertiary/aromatic N) is 3. The maximum Gasteiger partial charge on any atom is 0.269 e. The first kappa shape index (κ1) is 19.3. The summed E-state index contributed by atoms with van der Waals surface area (Å²) in [6, 6.07) is 14.7. The minimum Gasteiger partial charge on any atom is -0.255 e. The van der Waals surface area contributed by atoms with Crippen LogP contribution in [0.15, 0.2) is 76.8 Å². The number of aryl methyl sites for hydroxylation is 1. The van der Waals surface area contributed by atoms with E-state index in [1.807, 2.05) is 0 Å². The number of sulfone groups is 1. The molecule has 0 radical (unpaired) electrons. The number of rotatable bonds is 4. The lowest BCUT2D eigenvalue weighted by molar-refractivity contribution is 0.587. The molecule has 0 aliphatic carbocycles. The first-order valence-corrected chi connectivity index (χ1v) is 12.0. The summed E-state index contributed by atoms with van der Waals surface area (Å²) in [4.78, 5) is 8.84. The fourth-order valence-electron chi connectivity index (χ4n) is 3.18. The first-order valence-electron chi connectivity index (χ1n) is 8.64. The molecule has 0 amide bonds. The molecule has 0 N–H and O–H groups in total. The second-order valence-corrected chi connectivity index (χ2v) is 10.4. The van der Waals surface area contributed by atoms with Crippen LogP contribution in [-0.4, -0.2) is 37.0 Å². The molecule has 7 nitrogen and oxygen atoms in total. The molecule has 0 spiro atoms. The Kier molecular flexibility index (Phi) is 4.51. The van der Waals surface area contributed by atoms with E-state index >= 15 is 0 Å². The fraction of sp³-hybridized carbons (Fsp3) is 0.100. The Labute approximate surface area is 168 Å². The lowest BCUT2D eigenvalue weighted by Crippen LogP contribution is -2.14. The molecular formula is C20H17N3O4S2. The molecule has 9 heteroatoms. The second kappa shape index (κ2) is 6.78. The van der Waals surface area contributed by atoms with Gasteiger partial charge < -0.3 is 0 Å². The van der Waals surface area contributed by atoms with Crippen molar-refractivity contribution in [2.24, 2.45) is 0 Å². The molecule has 0 fully saturated rings. The van der Waals surface area contributed by atoms with Gasteiger partial charge in [-0.05, 0) is 43.3 Å². The Balaban J connectivity index is 1.92. The minimum atomic E-state index is -3.82. The topological polar surface area (TPSA) is 99.0 Å². The van der Waals surface area contributed by atoms with Crippen molar-refractivity contribution in [2.45, 2.75) is 16.7 Å². The monoisotopic (exact) mass is 427 g/mol. The molecule has 148 valence electrons. The van der Waals surface area contributed by atoms with Crippen LogP contribution in [0.3, 0.4) is 0 Å². The van der Waals surface area contributed by atoms with Gasteiger partial charge in [0, 0.05) is 35.3 Å². The fourth-order valence-corrected chi connectivity index (χ4v) is 5.26. The van der Waals surface area contributed by atoms with Gasteiger partial charge in [0.05, 0.1) is 15.5 Å². The average molecular weight is 428 g/mol. The molecule has 0 bridgehead atoms. The average Bonchev–Trinajstić information content (AvgIpc) is 3.04. The number of fused-ring (bicyclic) bond motifs is 1. The lowest BCUT2D eigenvalue weighted by atomic mass is 10.1. The van der Waals surface area contributed by atoms with E-state index in [0.29, 0.717) is 22.3 Å². The highest BCUT2D eigenvalue weighted by molar-refractivity contribution is 7.90. The highest BCUT2D eigenvalue weighted by atomic mass is 32.2. The van der Waals surface area contributed by atoms with E-state index in [-0.39, 0.29) is 15.4 Å². The maximum absolute atomic E-state index is 13.2. The molecule has 4 rings (SSSR count). The van der Waals surface area contributed by atoms with E-state index in [2.05, 4.69) is 9.97 Å². The highest BCUT2D eigenvalue weighted by Crippen LogP contribution is 2.31. The summed E-state index contributed by atoms with van der Waals surface area (Å²) in [5.41, 5.74) is 1.99. The zero-order chi connectivity index (χ0) is 20.8. The standard InChI is InChI=1S/C20H17N3O4S2/c1-14-12-18-17(19-9-8-16(13-22-19)28(2,24)25)10-11-21-20(18)23(14)29(26,27)15-6-4-3-5-7-15/h3-13H,1-2H3. The van der Waals surface area contributed by atoms with Gasteiger partial charge in [-0.2, -0.15) is 0 Å². The Morgan fingerprint density at radius 1 is 0.862 bits per heavy atom. The molecule has 3 aromatic heterocycles. The second-order valence-electron chi connectivity index (χ2n) is 6.62. The molecule has 1 aromatic carbocycles. The number of benzene rings is 1. The summed E-state index contributed by atoms with van der Waals surface area (Å²) in [7, 11) is -7.18. The van der Waals surface area contributed by atoms with Gasteiger partial charge in [0.15, 0.2) is 15.5 Å². The van der Waals surface area contributed by atoms with Gasteiger partial charge in [0.1, 0.15) is 0 Å².